The standard InChI is InChI=1S/C13H18F3N3O2/c14-13(15,16)12(20)4-1-6-19(7-5-12)8-10-17-11(18-21-10)9-2-3-9/h9,20H,1-8H2. The molecular formula is C13H18F3N3O2. The van der Waals surface area contributed by atoms with Crippen molar-refractivity contribution in [2.24, 2.45) is 0 Å². The van der Waals surface area contributed by atoms with Crippen LogP contribution in [0.1, 0.15) is 49.7 Å². The summed E-state index contributed by atoms with van der Waals surface area (Å²) < 4.78 is 43.7. The predicted octanol–water partition coefficient (Wildman–Crippen LogP) is 2.23. The number of halogens is 3. The normalized spacial score (nSPS) is 28.6. The number of hydrogen-bond acceptors (Lipinski definition) is 5. The average Bonchev–Trinajstić information content (AvgIpc) is 3.17. The molecule has 8 heteroatoms. The molecule has 1 unspecified atom stereocenters. The highest BCUT2D eigenvalue weighted by Crippen LogP contribution is 2.39. The zero-order chi connectivity index (χ0) is 15.1. The van der Waals surface area contributed by atoms with Gasteiger partial charge < -0.3 is 9.63 Å². The van der Waals surface area contributed by atoms with Gasteiger partial charge in [-0.25, -0.2) is 0 Å². The highest BCUT2D eigenvalue weighted by molar-refractivity contribution is 5.03. The molecular weight excluding hydrogens is 287 g/mol. The van der Waals surface area contributed by atoms with Crippen LogP contribution in [-0.4, -0.2) is 45.0 Å². The Morgan fingerprint density at radius 3 is 2.71 bits per heavy atom. The zero-order valence-corrected chi connectivity index (χ0v) is 11.6. The minimum absolute atomic E-state index is 0.164. The van der Waals surface area contributed by atoms with Gasteiger partial charge in [-0.05, 0) is 38.6 Å². The van der Waals surface area contributed by atoms with Crippen LogP contribution in [0.2, 0.25) is 0 Å². The van der Waals surface area contributed by atoms with Gasteiger partial charge in [0.2, 0.25) is 5.89 Å². The van der Waals surface area contributed by atoms with Gasteiger partial charge >= 0.3 is 6.18 Å². The Labute approximate surface area is 120 Å². The monoisotopic (exact) mass is 305 g/mol. The summed E-state index contributed by atoms with van der Waals surface area (Å²) >= 11 is 0. The molecule has 3 rings (SSSR count). The Kier molecular flexibility index (Phi) is 3.69. The molecule has 1 saturated heterocycles. The smallest absolute Gasteiger partial charge is 0.380 e. The lowest BCUT2D eigenvalue weighted by atomic mass is 9.94. The summed E-state index contributed by atoms with van der Waals surface area (Å²) in [5.41, 5.74) is -2.57. The van der Waals surface area contributed by atoms with Crippen LogP contribution >= 0.6 is 0 Å². The van der Waals surface area contributed by atoms with Gasteiger partial charge in [0.1, 0.15) is 0 Å². The van der Waals surface area contributed by atoms with Crippen molar-refractivity contribution in [1.29, 1.82) is 0 Å². The molecule has 5 nitrogen and oxygen atoms in total. The Morgan fingerprint density at radius 1 is 1.29 bits per heavy atom. The van der Waals surface area contributed by atoms with Crippen LogP contribution in [0, 0.1) is 0 Å². The van der Waals surface area contributed by atoms with Gasteiger partial charge in [-0.2, -0.15) is 18.2 Å². The van der Waals surface area contributed by atoms with E-state index in [-0.39, 0.29) is 19.4 Å². The van der Waals surface area contributed by atoms with Crippen molar-refractivity contribution >= 4 is 0 Å². The van der Waals surface area contributed by atoms with Gasteiger partial charge in [0.15, 0.2) is 11.4 Å². The number of nitrogens with zero attached hydrogens (tertiary/aromatic N) is 3. The van der Waals surface area contributed by atoms with Crippen LogP contribution in [0.4, 0.5) is 13.2 Å². The first-order chi connectivity index (χ1) is 9.87. The van der Waals surface area contributed by atoms with Crippen LogP contribution in [0.5, 0.6) is 0 Å². The average molecular weight is 305 g/mol. The van der Waals surface area contributed by atoms with Gasteiger partial charge in [0.05, 0.1) is 6.54 Å². The molecule has 0 amide bonds. The summed E-state index contributed by atoms with van der Waals surface area (Å²) in [7, 11) is 0. The third-order valence-corrected chi connectivity index (χ3v) is 4.22. The quantitative estimate of drug-likeness (QED) is 0.928. The molecule has 1 saturated carbocycles. The molecule has 21 heavy (non-hydrogen) atoms. The largest absolute Gasteiger partial charge is 0.417 e. The van der Waals surface area contributed by atoms with Crippen molar-refractivity contribution < 1.29 is 22.8 Å². The summed E-state index contributed by atoms with van der Waals surface area (Å²) in [4.78, 5) is 6.11. The molecule has 1 aromatic rings. The molecule has 1 aliphatic heterocycles. The lowest BCUT2D eigenvalue weighted by Gasteiger charge is -2.29. The van der Waals surface area contributed by atoms with Crippen molar-refractivity contribution in [1.82, 2.24) is 15.0 Å². The van der Waals surface area contributed by atoms with Crippen molar-refractivity contribution in [2.75, 3.05) is 13.1 Å². The lowest BCUT2D eigenvalue weighted by molar-refractivity contribution is -0.263. The molecule has 118 valence electrons. The second-order valence-corrected chi connectivity index (χ2v) is 5.98. The number of rotatable bonds is 3. The van der Waals surface area contributed by atoms with Gasteiger partial charge in [-0.1, -0.05) is 5.16 Å². The zero-order valence-electron chi connectivity index (χ0n) is 11.6. The Bertz CT molecular complexity index is 501. The number of aliphatic hydroxyl groups is 1. The second-order valence-electron chi connectivity index (χ2n) is 5.98. The minimum atomic E-state index is -4.58. The van der Waals surface area contributed by atoms with Gasteiger partial charge in [0, 0.05) is 12.5 Å². The van der Waals surface area contributed by atoms with E-state index in [2.05, 4.69) is 10.1 Å². The van der Waals surface area contributed by atoms with Crippen LogP contribution < -0.4 is 0 Å². The Morgan fingerprint density at radius 2 is 2.05 bits per heavy atom. The third kappa shape index (κ3) is 3.21. The Balaban J connectivity index is 1.59. The van der Waals surface area contributed by atoms with E-state index in [1.807, 2.05) is 4.90 Å². The summed E-state index contributed by atoms with van der Waals surface area (Å²) in [6, 6.07) is 0. The van der Waals surface area contributed by atoms with Gasteiger partial charge in [-0.15, -0.1) is 0 Å². The highest BCUT2D eigenvalue weighted by atomic mass is 19.4. The van der Waals surface area contributed by atoms with E-state index >= 15 is 0 Å². The molecule has 2 aliphatic rings. The molecule has 2 fully saturated rings. The minimum Gasteiger partial charge on any atom is -0.380 e. The molecule has 1 N–H and O–H groups in total. The fraction of sp³-hybridized carbons (Fsp3) is 0.846. The molecule has 0 bridgehead atoms. The number of aromatic nitrogens is 2. The maximum absolute atomic E-state index is 12.8. The van der Waals surface area contributed by atoms with E-state index < -0.39 is 11.8 Å². The highest BCUT2D eigenvalue weighted by Gasteiger charge is 2.53. The van der Waals surface area contributed by atoms with E-state index in [0.717, 1.165) is 12.8 Å². The maximum atomic E-state index is 12.8. The fourth-order valence-electron chi connectivity index (χ4n) is 2.65. The number of hydrogen-bond donors (Lipinski definition) is 1. The van der Waals surface area contributed by atoms with Crippen molar-refractivity contribution in [3.05, 3.63) is 11.7 Å². The van der Waals surface area contributed by atoms with Gasteiger partial charge in [-0.3, -0.25) is 4.90 Å². The van der Waals surface area contributed by atoms with E-state index in [9.17, 15) is 18.3 Å². The van der Waals surface area contributed by atoms with Crippen molar-refractivity contribution in [3.63, 3.8) is 0 Å². The predicted molar refractivity (Wildman–Crippen MR) is 66.4 cm³/mol. The van der Waals surface area contributed by atoms with E-state index in [0.29, 0.717) is 37.1 Å². The molecule has 2 heterocycles. The summed E-state index contributed by atoms with van der Waals surface area (Å²) in [6.07, 6.45) is -2.72. The third-order valence-electron chi connectivity index (χ3n) is 4.22. The number of likely N-dealkylation sites (tertiary alicyclic amines) is 1. The first-order valence-electron chi connectivity index (χ1n) is 7.21. The molecule has 1 aliphatic carbocycles. The van der Waals surface area contributed by atoms with Crippen molar-refractivity contribution in [3.8, 4) is 0 Å². The molecule has 1 aromatic heterocycles. The maximum Gasteiger partial charge on any atom is 0.417 e. The van der Waals surface area contributed by atoms with Crippen LogP contribution in [0.15, 0.2) is 4.52 Å². The lowest BCUT2D eigenvalue weighted by Crippen LogP contribution is -2.45. The fourth-order valence-corrected chi connectivity index (χ4v) is 2.65. The van der Waals surface area contributed by atoms with E-state index in [4.69, 9.17) is 4.52 Å². The summed E-state index contributed by atoms with van der Waals surface area (Å²) in [5, 5.41) is 13.6. The van der Waals surface area contributed by atoms with Crippen molar-refractivity contribution in [2.45, 2.75) is 56.3 Å². The first kappa shape index (κ1) is 14.8. The summed E-state index contributed by atoms with van der Waals surface area (Å²) in [5.74, 6) is 1.53. The van der Waals surface area contributed by atoms with E-state index in [1.165, 1.54) is 0 Å². The molecule has 1 atom stereocenters. The Hall–Kier alpha value is -1.15. The SMILES string of the molecule is OC1(C(F)(F)F)CCCN(Cc2nc(C3CC3)no2)CC1. The summed E-state index contributed by atoms with van der Waals surface area (Å²) in [6.45, 7) is 0.990. The van der Waals surface area contributed by atoms with Gasteiger partial charge in [0.25, 0.3) is 0 Å². The topological polar surface area (TPSA) is 62.4 Å². The first-order valence-corrected chi connectivity index (χ1v) is 7.21. The van der Waals surface area contributed by atoms with Crippen LogP contribution in [0.25, 0.3) is 0 Å². The molecule has 0 aromatic carbocycles. The number of alkyl halides is 3. The van der Waals surface area contributed by atoms with Crippen LogP contribution in [-0.2, 0) is 6.54 Å². The molecule has 0 spiro atoms. The van der Waals surface area contributed by atoms with Crippen LogP contribution in [0.3, 0.4) is 0 Å². The second kappa shape index (κ2) is 5.24. The molecule has 0 radical (unpaired) electrons. The van der Waals surface area contributed by atoms with E-state index in [1.54, 1.807) is 0 Å².